The number of nitrogens with one attached hydrogen (secondary N) is 1. The first-order valence-corrected chi connectivity index (χ1v) is 14.3. The fourth-order valence-corrected chi connectivity index (χ4v) is 5.66. The average molecular weight is 592 g/mol. The number of anilines is 1. The second kappa shape index (κ2) is 12.7. The third-order valence-corrected chi connectivity index (χ3v) is 7.80. The molecule has 208 valence electrons. The fourth-order valence-electron chi connectivity index (χ4n) is 4.37. The van der Waals surface area contributed by atoms with Crippen molar-refractivity contribution in [3.63, 3.8) is 0 Å². The van der Waals surface area contributed by atoms with E-state index >= 15 is 0 Å². The maximum atomic E-state index is 13.9. The van der Waals surface area contributed by atoms with Gasteiger partial charge < -0.3 is 10.1 Å². The number of aromatic nitrogens is 1. The normalized spacial score (nSPS) is 12.0. The van der Waals surface area contributed by atoms with E-state index in [0.29, 0.717) is 33.3 Å². The van der Waals surface area contributed by atoms with Crippen molar-refractivity contribution in [1.29, 1.82) is 5.26 Å². The summed E-state index contributed by atoms with van der Waals surface area (Å²) in [6, 6.07) is 31.7. The minimum absolute atomic E-state index is 0.183. The second-order valence-electron chi connectivity index (χ2n) is 9.64. The van der Waals surface area contributed by atoms with Crippen molar-refractivity contribution >= 4 is 46.2 Å². The Kier molecular flexibility index (Phi) is 8.68. The molecule has 4 aromatic carbocycles. The number of ether oxygens (including phenoxy) is 1. The van der Waals surface area contributed by atoms with Crippen LogP contribution in [-0.2, 0) is 11.4 Å². The Balaban J connectivity index is 1.63. The van der Waals surface area contributed by atoms with E-state index in [4.69, 9.17) is 16.3 Å². The van der Waals surface area contributed by atoms with E-state index in [9.17, 15) is 14.9 Å². The molecule has 1 heterocycles. The van der Waals surface area contributed by atoms with Gasteiger partial charge in [-0.25, -0.2) is 0 Å². The highest BCUT2D eigenvalue weighted by molar-refractivity contribution is 7.07. The van der Waals surface area contributed by atoms with Crippen molar-refractivity contribution in [2.75, 3.05) is 5.32 Å². The summed E-state index contributed by atoms with van der Waals surface area (Å²) in [6.45, 7) is 4.22. The third-order valence-electron chi connectivity index (χ3n) is 6.47. The van der Waals surface area contributed by atoms with Gasteiger partial charge in [-0.2, -0.15) is 5.26 Å². The van der Waals surface area contributed by atoms with Gasteiger partial charge in [0.15, 0.2) is 5.57 Å². The van der Waals surface area contributed by atoms with Gasteiger partial charge in [-0.3, -0.25) is 14.2 Å². The third kappa shape index (κ3) is 6.52. The van der Waals surface area contributed by atoms with Crippen LogP contribution in [0, 0.1) is 25.2 Å². The lowest BCUT2D eigenvalue weighted by atomic mass is 10.1. The SMILES string of the molecule is Cc1ccc(C)c(-n2c(=O)/c(=C/c3cccc(OCc4ccccc4)c3)s/c2=C(/C#N)C(=O)Nc2cccc(Cl)c2)c1. The molecule has 42 heavy (non-hydrogen) atoms. The number of rotatable bonds is 7. The van der Waals surface area contributed by atoms with E-state index in [0.717, 1.165) is 33.6 Å². The summed E-state index contributed by atoms with van der Waals surface area (Å²) in [4.78, 5) is 27.3. The zero-order valence-corrected chi connectivity index (χ0v) is 24.5. The fraction of sp³-hybridized carbons (Fsp3) is 0.0882. The van der Waals surface area contributed by atoms with E-state index in [-0.39, 0.29) is 15.8 Å². The monoisotopic (exact) mass is 591 g/mol. The number of nitrogens with zero attached hydrogens (tertiary/aromatic N) is 2. The molecule has 8 heteroatoms. The lowest BCUT2D eigenvalue weighted by Gasteiger charge is -2.09. The first-order chi connectivity index (χ1) is 20.3. The molecule has 5 aromatic rings. The number of carbonyl (C=O) groups excluding carboxylic acids is 1. The van der Waals surface area contributed by atoms with Crippen LogP contribution in [0.3, 0.4) is 0 Å². The molecule has 0 saturated heterocycles. The molecule has 0 bridgehead atoms. The lowest BCUT2D eigenvalue weighted by Crippen LogP contribution is -2.32. The molecule has 0 aliphatic heterocycles. The number of aryl methyl sites for hydroxylation is 2. The Bertz CT molecular complexity index is 2010. The van der Waals surface area contributed by atoms with E-state index in [2.05, 4.69) is 5.32 Å². The molecular formula is C34H26ClN3O3S. The number of carbonyl (C=O) groups is 1. The summed E-state index contributed by atoms with van der Waals surface area (Å²) in [5.41, 5.74) is 4.10. The molecule has 0 spiro atoms. The predicted molar refractivity (Wildman–Crippen MR) is 169 cm³/mol. The zero-order valence-electron chi connectivity index (χ0n) is 22.9. The molecule has 0 radical (unpaired) electrons. The van der Waals surface area contributed by atoms with Crippen molar-refractivity contribution in [1.82, 2.24) is 4.57 Å². The topological polar surface area (TPSA) is 84.1 Å². The van der Waals surface area contributed by atoms with Crippen molar-refractivity contribution in [3.8, 4) is 17.5 Å². The number of amides is 1. The van der Waals surface area contributed by atoms with Gasteiger partial charge >= 0.3 is 0 Å². The first kappa shape index (κ1) is 28.6. The maximum absolute atomic E-state index is 13.9. The average Bonchev–Trinajstić information content (AvgIpc) is 3.29. The second-order valence-corrected chi connectivity index (χ2v) is 11.1. The number of hydrogen-bond acceptors (Lipinski definition) is 5. The first-order valence-electron chi connectivity index (χ1n) is 13.1. The quantitative estimate of drug-likeness (QED) is 0.256. The van der Waals surface area contributed by atoms with E-state index < -0.39 is 5.91 Å². The summed E-state index contributed by atoms with van der Waals surface area (Å²) in [6.07, 6.45) is 1.75. The van der Waals surface area contributed by atoms with Gasteiger partial charge in [-0.05, 0) is 78.6 Å². The lowest BCUT2D eigenvalue weighted by molar-refractivity contribution is -0.111. The Morgan fingerprint density at radius 2 is 1.79 bits per heavy atom. The van der Waals surface area contributed by atoms with Crippen LogP contribution in [0.25, 0.3) is 17.3 Å². The Morgan fingerprint density at radius 1 is 1.00 bits per heavy atom. The van der Waals surface area contributed by atoms with Crippen LogP contribution in [-0.4, -0.2) is 10.5 Å². The molecule has 6 nitrogen and oxygen atoms in total. The molecule has 1 aromatic heterocycles. The van der Waals surface area contributed by atoms with Crippen molar-refractivity contribution in [2.45, 2.75) is 20.5 Å². The summed E-state index contributed by atoms with van der Waals surface area (Å²) >= 11 is 7.17. The van der Waals surface area contributed by atoms with Crippen LogP contribution in [0.5, 0.6) is 5.75 Å². The summed E-state index contributed by atoms with van der Waals surface area (Å²) in [5, 5.41) is 13.3. The molecule has 0 aliphatic rings. The van der Waals surface area contributed by atoms with Gasteiger partial charge in [0.05, 0.1) is 10.2 Å². The minimum Gasteiger partial charge on any atom is -0.489 e. The molecule has 0 saturated carbocycles. The predicted octanol–water partition coefficient (Wildman–Crippen LogP) is 5.89. The Labute approximate surface area is 252 Å². The van der Waals surface area contributed by atoms with Crippen LogP contribution in [0.15, 0.2) is 102 Å². The van der Waals surface area contributed by atoms with Gasteiger partial charge in [0.25, 0.3) is 11.5 Å². The van der Waals surface area contributed by atoms with Crippen LogP contribution in [0.4, 0.5) is 5.69 Å². The van der Waals surface area contributed by atoms with Crippen LogP contribution >= 0.6 is 22.9 Å². The van der Waals surface area contributed by atoms with Gasteiger partial charge in [0, 0.05) is 10.7 Å². The highest BCUT2D eigenvalue weighted by Crippen LogP contribution is 2.18. The Morgan fingerprint density at radius 3 is 2.55 bits per heavy atom. The van der Waals surface area contributed by atoms with Crippen molar-refractivity contribution in [3.05, 3.63) is 144 Å². The van der Waals surface area contributed by atoms with Crippen molar-refractivity contribution < 1.29 is 9.53 Å². The van der Waals surface area contributed by atoms with E-state index in [1.54, 1.807) is 30.3 Å². The van der Waals surface area contributed by atoms with E-state index in [1.807, 2.05) is 92.7 Å². The minimum atomic E-state index is -0.636. The molecule has 1 amide bonds. The van der Waals surface area contributed by atoms with Gasteiger partial charge in [-0.15, -0.1) is 11.3 Å². The Hall–Kier alpha value is -4.90. The number of nitriles is 1. The highest BCUT2D eigenvalue weighted by Gasteiger charge is 2.18. The van der Waals surface area contributed by atoms with Gasteiger partial charge in [0.2, 0.25) is 0 Å². The highest BCUT2D eigenvalue weighted by atomic mass is 35.5. The maximum Gasteiger partial charge on any atom is 0.273 e. The number of hydrogen-bond donors (Lipinski definition) is 1. The zero-order chi connectivity index (χ0) is 29.6. The summed E-state index contributed by atoms with van der Waals surface area (Å²) in [5.74, 6) is 0.0207. The van der Waals surface area contributed by atoms with Crippen molar-refractivity contribution in [2.24, 2.45) is 0 Å². The number of halogens is 1. The smallest absolute Gasteiger partial charge is 0.273 e. The molecule has 5 rings (SSSR count). The molecule has 0 aliphatic carbocycles. The molecule has 0 unspecified atom stereocenters. The van der Waals surface area contributed by atoms with E-state index in [1.165, 1.54) is 4.57 Å². The molecule has 1 N–H and O–H groups in total. The molecule has 0 fully saturated rings. The molecular weight excluding hydrogens is 566 g/mol. The summed E-state index contributed by atoms with van der Waals surface area (Å²) in [7, 11) is 0. The van der Waals surface area contributed by atoms with Gasteiger partial charge in [0.1, 0.15) is 23.1 Å². The van der Waals surface area contributed by atoms with Crippen LogP contribution in [0.1, 0.15) is 22.3 Å². The summed E-state index contributed by atoms with van der Waals surface area (Å²) < 4.78 is 8.02. The largest absolute Gasteiger partial charge is 0.489 e. The van der Waals surface area contributed by atoms with Gasteiger partial charge in [-0.1, -0.05) is 72.3 Å². The van der Waals surface area contributed by atoms with Crippen LogP contribution in [0.2, 0.25) is 5.02 Å². The standard InChI is InChI=1S/C34H26ClN3O3S/c1-22-14-15-23(2)30(16-22)38-33(40)31(18-25-10-6-13-28(17-25)41-21-24-8-4-3-5-9-24)42-34(38)29(20-36)32(39)37-27-12-7-11-26(35)19-27/h3-19H,21H2,1-2H3,(H,37,39)/b31-18-,34-29-. The number of benzene rings is 4. The molecule has 0 atom stereocenters. The van der Waals surface area contributed by atoms with Crippen LogP contribution < -0.4 is 24.8 Å². The number of thiazole rings is 1.